The van der Waals surface area contributed by atoms with Gasteiger partial charge in [0.1, 0.15) is 5.75 Å². The smallest absolute Gasteiger partial charge is 0.330 e. The molecular weight excluding hydrogens is 428 g/mol. The van der Waals surface area contributed by atoms with Gasteiger partial charge in [0.05, 0.1) is 12.5 Å². The molecule has 6 nitrogen and oxygen atoms in total. The lowest BCUT2D eigenvalue weighted by Gasteiger charge is -2.26. The van der Waals surface area contributed by atoms with Crippen molar-refractivity contribution in [2.24, 2.45) is 11.8 Å². The molecule has 0 radical (unpaired) electrons. The molecule has 6 heteroatoms. The quantitative estimate of drug-likeness (QED) is 0.168. The summed E-state index contributed by atoms with van der Waals surface area (Å²) in [4.78, 5) is 24.6. The van der Waals surface area contributed by atoms with Gasteiger partial charge >= 0.3 is 11.9 Å². The fraction of sp³-hybridized carbons (Fsp3) is 0.357. The Balaban J connectivity index is 1.44. The number of nitrogen functional groups attached to an aromatic ring is 2. The zero-order chi connectivity index (χ0) is 24.5. The van der Waals surface area contributed by atoms with Crippen molar-refractivity contribution in [2.75, 3.05) is 18.1 Å². The van der Waals surface area contributed by atoms with Crippen LogP contribution < -0.4 is 16.2 Å². The lowest BCUT2D eigenvalue weighted by atomic mass is 9.80. The zero-order valence-corrected chi connectivity index (χ0v) is 19.7. The summed E-state index contributed by atoms with van der Waals surface area (Å²) in [6.45, 7) is 5.96. The average molecular weight is 463 g/mol. The number of esters is 2. The highest BCUT2D eigenvalue weighted by Crippen LogP contribution is 2.32. The second-order valence-corrected chi connectivity index (χ2v) is 9.03. The number of hydrogen-bond acceptors (Lipinski definition) is 6. The predicted molar refractivity (Wildman–Crippen MR) is 136 cm³/mol. The van der Waals surface area contributed by atoms with Crippen LogP contribution in [0.1, 0.15) is 56.1 Å². The van der Waals surface area contributed by atoms with E-state index < -0.39 is 5.97 Å². The van der Waals surface area contributed by atoms with E-state index in [2.05, 4.69) is 6.58 Å². The van der Waals surface area contributed by atoms with Gasteiger partial charge in [-0.15, -0.1) is 6.58 Å². The molecule has 1 saturated carbocycles. The van der Waals surface area contributed by atoms with Crippen molar-refractivity contribution in [2.45, 2.75) is 44.9 Å². The van der Waals surface area contributed by atoms with E-state index in [4.69, 9.17) is 20.9 Å². The number of allylic oxidation sites excluding steroid dienone is 1. The molecule has 34 heavy (non-hydrogen) atoms. The summed E-state index contributed by atoms with van der Waals surface area (Å²) in [7, 11) is 0. The third-order valence-corrected chi connectivity index (χ3v) is 6.24. The normalized spacial score (nSPS) is 18.9. The highest BCUT2D eigenvalue weighted by Gasteiger charge is 2.27. The monoisotopic (exact) mass is 462 g/mol. The summed E-state index contributed by atoms with van der Waals surface area (Å²) in [5.41, 5.74) is 14.5. The van der Waals surface area contributed by atoms with Crippen LogP contribution in [0.2, 0.25) is 0 Å². The summed E-state index contributed by atoms with van der Waals surface area (Å²) in [6, 6.07) is 12.4. The SMILES string of the molecule is C=CCC1CCC(C(=O)Oc2ccc(C=CC(=O)OCC(C)c3cc(N)cc(N)c3)cc2)CC1. The lowest BCUT2D eigenvalue weighted by molar-refractivity contribution is -0.140. The van der Waals surface area contributed by atoms with Crippen LogP contribution in [0.15, 0.2) is 61.2 Å². The van der Waals surface area contributed by atoms with E-state index in [0.717, 1.165) is 43.2 Å². The minimum atomic E-state index is -0.439. The molecule has 0 aliphatic heterocycles. The van der Waals surface area contributed by atoms with Gasteiger partial charge in [-0.05, 0) is 85.6 Å². The molecule has 0 saturated heterocycles. The summed E-state index contributed by atoms with van der Waals surface area (Å²) in [6.07, 6.45) is 9.82. The van der Waals surface area contributed by atoms with Gasteiger partial charge in [-0.25, -0.2) is 4.79 Å². The molecule has 4 N–H and O–H groups in total. The van der Waals surface area contributed by atoms with Gasteiger partial charge < -0.3 is 20.9 Å². The van der Waals surface area contributed by atoms with Gasteiger partial charge in [-0.1, -0.05) is 25.1 Å². The second kappa shape index (κ2) is 12.1. The van der Waals surface area contributed by atoms with Crippen LogP contribution in [-0.2, 0) is 14.3 Å². The molecule has 2 aromatic carbocycles. The zero-order valence-electron chi connectivity index (χ0n) is 19.7. The standard InChI is InChI=1S/C28H34N2O4/c1-3-4-20-5-10-22(11-6-20)28(32)34-26-12-7-21(8-13-26)9-14-27(31)33-18-19(2)23-15-24(29)17-25(30)16-23/h3,7-9,12-17,19-20,22H,1,4-6,10-11,18,29-30H2,2H3. The molecule has 0 aromatic heterocycles. The van der Waals surface area contributed by atoms with Gasteiger partial charge in [0, 0.05) is 23.4 Å². The number of carbonyl (C=O) groups excluding carboxylic acids is 2. The molecule has 0 spiro atoms. The first kappa shape index (κ1) is 25.1. The van der Waals surface area contributed by atoms with E-state index in [1.807, 2.05) is 25.1 Å². The van der Waals surface area contributed by atoms with Crippen LogP contribution >= 0.6 is 0 Å². The van der Waals surface area contributed by atoms with Gasteiger partial charge in [0.15, 0.2) is 0 Å². The molecule has 180 valence electrons. The van der Waals surface area contributed by atoms with Crippen LogP contribution in [0.4, 0.5) is 11.4 Å². The minimum absolute atomic E-state index is 0.0332. The maximum atomic E-state index is 12.5. The minimum Gasteiger partial charge on any atom is -0.462 e. The van der Waals surface area contributed by atoms with Crippen molar-refractivity contribution in [3.05, 3.63) is 72.3 Å². The molecule has 0 bridgehead atoms. The van der Waals surface area contributed by atoms with Crippen LogP contribution in [0.5, 0.6) is 5.75 Å². The number of ether oxygens (including phenoxy) is 2. The topological polar surface area (TPSA) is 105 Å². The van der Waals surface area contributed by atoms with Crippen molar-refractivity contribution in [1.29, 1.82) is 0 Å². The third kappa shape index (κ3) is 7.51. The van der Waals surface area contributed by atoms with E-state index >= 15 is 0 Å². The molecular formula is C28H34N2O4. The van der Waals surface area contributed by atoms with Gasteiger partial charge in [-0.2, -0.15) is 0 Å². The average Bonchev–Trinajstić information content (AvgIpc) is 2.82. The Bertz CT molecular complexity index is 1000. The van der Waals surface area contributed by atoms with Gasteiger partial charge in [0.2, 0.25) is 0 Å². The fourth-order valence-electron chi connectivity index (χ4n) is 4.22. The fourth-order valence-corrected chi connectivity index (χ4v) is 4.22. The number of nitrogens with two attached hydrogens (primary N) is 2. The van der Waals surface area contributed by atoms with Crippen molar-refractivity contribution < 1.29 is 19.1 Å². The highest BCUT2D eigenvalue weighted by atomic mass is 16.5. The van der Waals surface area contributed by atoms with Crippen molar-refractivity contribution >= 4 is 29.4 Å². The molecule has 2 aromatic rings. The molecule has 1 unspecified atom stereocenters. The van der Waals surface area contributed by atoms with Crippen LogP contribution in [0.25, 0.3) is 6.08 Å². The van der Waals surface area contributed by atoms with Crippen LogP contribution in [0, 0.1) is 11.8 Å². The van der Waals surface area contributed by atoms with Crippen molar-refractivity contribution in [3.8, 4) is 5.75 Å². The molecule has 0 heterocycles. The number of rotatable bonds is 9. The summed E-state index contributed by atoms with van der Waals surface area (Å²) in [5, 5.41) is 0. The predicted octanol–water partition coefficient (Wildman–Crippen LogP) is 5.50. The summed E-state index contributed by atoms with van der Waals surface area (Å²) in [5.74, 6) is 0.466. The molecule has 3 rings (SSSR count). The first-order valence-corrected chi connectivity index (χ1v) is 11.8. The molecule has 1 aliphatic carbocycles. The van der Waals surface area contributed by atoms with E-state index in [-0.39, 0.29) is 24.4 Å². The number of carbonyl (C=O) groups is 2. The van der Waals surface area contributed by atoms with E-state index in [1.165, 1.54) is 6.08 Å². The van der Waals surface area contributed by atoms with Gasteiger partial charge in [-0.3, -0.25) is 4.79 Å². The Morgan fingerprint density at radius 3 is 2.32 bits per heavy atom. The Hall–Kier alpha value is -3.54. The number of hydrogen-bond donors (Lipinski definition) is 2. The van der Waals surface area contributed by atoms with Crippen molar-refractivity contribution in [1.82, 2.24) is 0 Å². The molecule has 1 atom stereocenters. The Morgan fingerprint density at radius 2 is 1.71 bits per heavy atom. The Labute approximate surface area is 201 Å². The van der Waals surface area contributed by atoms with E-state index in [1.54, 1.807) is 36.4 Å². The molecule has 1 fully saturated rings. The van der Waals surface area contributed by atoms with E-state index in [9.17, 15) is 9.59 Å². The Kier molecular flexibility index (Phi) is 8.91. The second-order valence-electron chi connectivity index (χ2n) is 9.03. The van der Waals surface area contributed by atoms with Crippen molar-refractivity contribution in [3.63, 3.8) is 0 Å². The number of anilines is 2. The summed E-state index contributed by atoms with van der Waals surface area (Å²) >= 11 is 0. The first-order valence-electron chi connectivity index (χ1n) is 11.8. The largest absolute Gasteiger partial charge is 0.462 e. The first-order chi connectivity index (χ1) is 16.3. The van der Waals surface area contributed by atoms with E-state index in [0.29, 0.717) is 23.0 Å². The maximum absolute atomic E-state index is 12.5. The van der Waals surface area contributed by atoms with Crippen LogP contribution in [0.3, 0.4) is 0 Å². The highest BCUT2D eigenvalue weighted by molar-refractivity contribution is 5.87. The number of benzene rings is 2. The molecule has 1 aliphatic rings. The maximum Gasteiger partial charge on any atom is 0.330 e. The molecule has 0 amide bonds. The summed E-state index contributed by atoms with van der Waals surface area (Å²) < 4.78 is 10.9. The lowest BCUT2D eigenvalue weighted by Crippen LogP contribution is -2.25. The Morgan fingerprint density at radius 1 is 1.06 bits per heavy atom. The van der Waals surface area contributed by atoms with Crippen LogP contribution in [-0.4, -0.2) is 18.5 Å². The third-order valence-electron chi connectivity index (χ3n) is 6.24. The van der Waals surface area contributed by atoms with Gasteiger partial charge in [0.25, 0.3) is 0 Å².